The van der Waals surface area contributed by atoms with Gasteiger partial charge >= 0.3 is 0 Å². The molecule has 0 aliphatic carbocycles. The highest BCUT2D eigenvalue weighted by molar-refractivity contribution is 7.89. The molecule has 0 heterocycles. The molecule has 0 bridgehead atoms. The summed E-state index contributed by atoms with van der Waals surface area (Å²) in [6.07, 6.45) is 0.929. The SMILES string of the molecule is CC(C)Cc1ccc(S(=O)(=O)NC[C@H](C[C@H](C)O)c2ccccc2)cc1. The van der Waals surface area contributed by atoms with Crippen LogP contribution in [0.1, 0.15) is 44.2 Å². The first-order valence-electron chi connectivity index (χ1n) is 9.09. The normalized spacial score (nSPS) is 14.3. The molecule has 2 N–H and O–H groups in total. The highest BCUT2D eigenvalue weighted by Crippen LogP contribution is 2.22. The smallest absolute Gasteiger partial charge is 0.240 e. The van der Waals surface area contributed by atoms with E-state index in [-0.39, 0.29) is 17.4 Å². The Bertz CT molecular complexity index is 769. The average Bonchev–Trinajstić information content (AvgIpc) is 2.59. The van der Waals surface area contributed by atoms with E-state index in [4.69, 9.17) is 0 Å². The zero-order chi connectivity index (χ0) is 19.2. The molecule has 0 aliphatic heterocycles. The average molecular weight is 376 g/mol. The topological polar surface area (TPSA) is 66.4 Å². The van der Waals surface area contributed by atoms with Crippen molar-refractivity contribution in [1.82, 2.24) is 4.72 Å². The van der Waals surface area contributed by atoms with Crippen LogP contribution in [-0.2, 0) is 16.4 Å². The van der Waals surface area contributed by atoms with Crippen molar-refractivity contribution < 1.29 is 13.5 Å². The number of sulfonamides is 1. The number of rotatable bonds is 9. The van der Waals surface area contributed by atoms with Crippen molar-refractivity contribution in [3.8, 4) is 0 Å². The minimum Gasteiger partial charge on any atom is -0.393 e. The zero-order valence-corrected chi connectivity index (χ0v) is 16.5. The van der Waals surface area contributed by atoms with Gasteiger partial charge in [0, 0.05) is 6.54 Å². The van der Waals surface area contributed by atoms with E-state index in [0.29, 0.717) is 12.3 Å². The van der Waals surface area contributed by atoms with Crippen LogP contribution in [-0.4, -0.2) is 26.2 Å². The van der Waals surface area contributed by atoms with Crippen molar-refractivity contribution in [2.24, 2.45) is 5.92 Å². The van der Waals surface area contributed by atoms with Gasteiger partial charge in [0.2, 0.25) is 10.0 Å². The quantitative estimate of drug-likeness (QED) is 0.702. The number of aliphatic hydroxyl groups excluding tert-OH is 1. The molecular weight excluding hydrogens is 346 g/mol. The second kappa shape index (κ2) is 9.31. The summed E-state index contributed by atoms with van der Waals surface area (Å²) in [5.41, 5.74) is 2.15. The monoisotopic (exact) mass is 375 g/mol. The first-order valence-corrected chi connectivity index (χ1v) is 10.6. The van der Waals surface area contributed by atoms with E-state index in [9.17, 15) is 13.5 Å². The number of hydrogen-bond donors (Lipinski definition) is 2. The van der Waals surface area contributed by atoms with Gasteiger partial charge in [-0.1, -0.05) is 56.3 Å². The fourth-order valence-electron chi connectivity index (χ4n) is 3.04. The van der Waals surface area contributed by atoms with Crippen LogP contribution >= 0.6 is 0 Å². The van der Waals surface area contributed by atoms with Crippen molar-refractivity contribution in [3.05, 3.63) is 65.7 Å². The Morgan fingerprint density at radius 2 is 1.58 bits per heavy atom. The van der Waals surface area contributed by atoms with Gasteiger partial charge in [-0.25, -0.2) is 13.1 Å². The third-order valence-corrected chi connectivity index (χ3v) is 5.73. The molecule has 2 atom stereocenters. The van der Waals surface area contributed by atoms with Gasteiger partial charge in [-0.15, -0.1) is 0 Å². The van der Waals surface area contributed by atoms with Crippen LogP contribution < -0.4 is 4.72 Å². The molecule has 0 unspecified atom stereocenters. The van der Waals surface area contributed by atoms with Gasteiger partial charge in [0.15, 0.2) is 0 Å². The molecule has 4 nitrogen and oxygen atoms in total. The molecular formula is C21H29NO3S. The lowest BCUT2D eigenvalue weighted by atomic mass is 9.94. The van der Waals surface area contributed by atoms with Gasteiger partial charge in [0.25, 0.3) is 0 Å². The number of nitrogens with one attached hydrogen (secondary N) is 1. The van der Waals surface area contributed by atoms with Gasteiger partial charge in [-0.3, -0.25) is 0 Å². The van der Waals surface area contributed by atoms with Gasteiger partial charge in [-0.05, 0) is 54.9 Å². The van der Waals surface area contributed by atoms with Crippen LogP contribution in [0, 0.1) is 5.92 Å². The lowest BCUT2D eigenvalue weighted by Gasteiger charge is -2.20. The largest absolute Gasteiger partial charge is 0.393 e. The van der Waals surface area contributed by atoms with E-state index >= 15 is 0 Å². The molecule has 0 spiro atoms. The summed E-state index contributed by atoms with van der Waals surface area (Å²) in [4.78, 5) is 0.272. The molecule has 0 fully saturated rings. The predicted octanol–water partition coefficient (Wildman–Crippen LogP) is 3.72. The Balaban J connectivity index is 2.09. The second-order valence-corrected chi connectivity index (χ2v) is 9.05. The van der Waals surface area contributed by atoms with Gasteiger partial charge in [0.1, 0.15) is 0 Å². The second-order valence-electron chi connectivity index (χ2n) is 7.29. The van der Waals surface area contributed by atoms with Crippen molar-refractivity contribution in [2.75, 3.05) is 6.54 Å². The fourth-order valence-corrected chi connectivity index (χ4v) is 4.13. The van der Waals surface area contributed by atoms with Crippen molar-refractivity contribution >= 4 is 10.0 Å². The number of benzene rings is 2. The molecule has 2 rings (SSSR count). The minimum absolute atomic E-state index is 0.0776. The molecule has 5 heteroatoms. The minimum atomic E-state index is -3.58. The molecule has 0 radical (unpaired) electrons. The summed E-state index contributed by atoms with van der Waals surface area (Å²) in [5.74, 6) is 0.453. The maximum atomic E-state index is 12.6. The Labute approximate surface area is 157 Å². The van der Waals surface area contributed by atoms with Crippen LogP contribution in [0.25, 0.3) is 0 Å². The summed E-state index contributed by atoms with van der Waals surface area (Å²) in [6.45, 7) is 6.25. The van der Waals surface area contributed by atoms with Crippen molar-refractivity contribution in [1.29, 1.82) is 0 Å². The Kier molecular flexibility index (Phi) is 7.38. The highest BCUT2D eigenvalue weighted by Gasteiger charge is 2.19. The van der Waals surface area contributed by atoms with Gasteiger partial charge in [0.05, 0.1) is 11.0 Å². The van der Waals surface area contributed by atoms with Crippen LogP contribution in [0.15, 0.2) is 59.5 Å². The van der Waals surface area contributed by atoms with E-state index < -0.39 is 16.1 Å². The predicted molar refractivity (Wildman–Crippen MR) is 106 cm³/mol. The van der Waals surface area contributed by atoms with Crippen LogP contribution in [0.4, 0.5) is 0 Å². The zero-order valence-electron chi connectivity index (χ0n) is 15.7. The highest BCUT2D eigenvalue weighted by atomic mass is 32.2. The third-order valence-electron chi connectivity index (χ3n) is 4.29. The van der Waals surface area contributed by atoms with E-state index in [1.165, 1.54) is 0 Å². The van der Waals surface area contributed by atoms with Crippen molar-refractivity contribution in [3.63, 3.8) is 0 Å². The number of hydrogen-bond acceptors (Lipinski definition) is 3. The maximum absolute atomic E-state index is 12.6. The molecule has 0 aromatic heterocycles. The van der Waals surface area contributed by atoms with Gasteiger partial charge < -0.3 is 5.11 Å². The first kappa shape index (κ1) is 20.6. The van der Waals surface area contributed by atoms with Crippen LogP contribution in [0.5, 0.6) is 0 Å². The van der Waals surface area contributed by atoms with E-state index in [1.807, 2.05) is 42.5 Å². The molecule has 142 valence electrons. The summed E-state index contributed by atoms with van der Waals surface area (Å²) >= 11 is 0. The standard InChI is InChI=1S/C21H29NO3S/c1-16(2)13-18-9-11-21(12-10-18)26(24,25)22-15-20(14-17(3)23)19-7-5-4-6-8-19/h4-12,16-17,20,22-23H,13-15H2,1-3H3/t17-,20-/m0/s1. The summed E-state index contributed by atoms with van der Waals surface area (Å²) in [5, 5.41) is 9.76. The van der Waals surface area contributed by atoms with Gasteiger partial charge in [-0.2, -0.15) is 0 Å². The lowest BCUT2D eigenvalue weighted by molar-refractivity contribution is 0.174. The number of aliphatic hydroxyl groups is 1. The molecule has 0 saturated heterocycles. The van der Waals surface area contributed by atoms with Crippen LogP contribution in [0.2, 0.25) is 0 Å². The molecule has 0 aliphatic rings. The summed E-state index contributed by atoms with van der Waals surface area (Å²) in [6, 6.07) is 16.8. The summed E-state index contributed by atoms with van der Waals surface area (Å²) < 4.78 is 27.9. The fraction of sp³-hybridized carbons (Fsp3) is 0.429. The molecule has 2 aromatic rings. The first-order chi connectivity index (χ1) is 12.3. The van der Waals surface area contributed by atoms with E-state index in [1.54, 1.807) is 19.1 Å². The molecule has 26 heavy (non-hydrogen) atoms. The Hall–Kier alpha value is -1.69. The molecule has 0 amide bonds. The lowest BCUT2D eigenvalue weighted by Crippen LogP contribution is -2.29. The molecule has 2 aromatic carbocycles. The third kappa shape index (κ3) is 6.24. The Morgan fingerprint density at radius 3 is 2.12 bits per heavy atom. The summed E-state index contributed by atoms with van der Waals surface area (Å²) in [7, 11) is -3.58. The Morgan fingerprint density at radius 1 is 0.962 bits per heavy atom. The van der Waals surface area contributed by atoms with E-state index in [2.05, 4.69) is 18.6 Å². The van der Waals surface area contributed by atoms with Crippen molar-refractivity contribution in [2.45, 2.75) is 50.5 Å². The van der Waals surface area contributed by atoms with Crippen LogP contribution in [0.3, 0.4) is 0 Å². The molecule has 0 saturated carbocycles. The maximum Gasteiger partial charge on any atom is 0.240 e. The van der Waals surface area contributed by atoms with E-state index in [0.717, 1.165) is 17.5 Å².